The van der Waals surface area contributed by atoms with Gasteiger partial charge in [-0.15, -0.1) is 11.3 Å². The number of nitrogens with zero attached hydrogens (tertiary/aromatic N) is 2. The van der Waals surface area contributed by atoms with Crippen LogP contribution in [0.1, 0.15) is 49.9 Å². The minimum atomic E-state index is -3.81. The van der Waals surface area contributed by atoms with Crippen LogP contribution in [0.2, 0.25) is 5.02 Å². The average Bonchev–Trinajstić information content (AvgIpc) is 3.22. The van der Waals surface area contributed by atoms with Crippen LogP contribution < -0.4 is 5.14 Å². The molecule has 0 atom stereocenters. The lowest BCUT2D eigenvalue weighted by molar-refractivity contribution is 0.600. The summed E-state index contributed by atoms with van der Waals surface area (Å²) in [6.45, 7) is 9.01. The van der Waals surface area contributed by atoms with E-state index < -0.39 is 10.0 Å². The fourth-order valence-corrected chi connectivity index (χ4v) is 5.95. The number of hydrogen-bond acceptors (Lipinski definition) is 4. The minimum Gasteiger partial charge on any atom is -0.330 e. The monoisotopic (exact) mass is 451 g/mol. The minimum absolute atomic E-state index is 0.189. The molecule has 0 amide bonds. The Hall–Kier alpha value is -1.67. The molecular formula is C21H26ClN3O2S2. The van der Waals surface area contributed by atoms with Gasteiger partial charge in [-0.3, -0.25) is 0 Å². The van der Waals surface area contributed by atoms with Crippen molar-refractivity contribution in [2.75, 3.05) is 0 Å². The Balaban J connectivity index is 1.98. The summed E-state index contributed by atoms with van der Waals surface area (Å²) in [5.41, 5.74) is 2.32. The van der Waals surface area contributed by atoms with Crippen LogP contribution >= 0.6 is 22.9 Å². The zero-order valence-corrected chi connectivity index (χ0v) is 19.4. The van der Waals surface area contributed by atoms with Gasteiger partial charge in [0.05, 0.1) is 6.54 Å². The molecule has 8 heteroatoms. The van der Waals surface area contributed by atoms with E-state index in [4.69, 9.17) is 16.7 Å². The highest BCUT2D eigenvalue weighted by molar-refractivity contribution is 7.91. The lowest BCUT2D eigenvalue weighted by atomic mass is 10.0. The van der Waals surface area contributed by atoms with E-state index in [-0.39, 0.29) is 4.21 Å². The van der Waals surface area contributed by atoms with E-state index in [1.54, 1.807) is 6.20 Å². The molecule has 2 heterocycles. The third-order valence-corrected chi connectivity index (χ3v) is 7.57. The van der Waals surface area contributed by atoms with Crippen molar-refractivity contribution in [3.63, 3.8) is 0 Å². The topological polar surface area (TPSA) is 78.0 Å². The highest BCUT2D eigenvalue weighted by Gasteiger charge is 2.21. The molecule has 0 radical (unpaired) electrons. The molecule has 0 saturated carbocycles. The number of imidazole rings is 1. The number of hydrogen-bond donors (Lipinski definition) is 1. The van der Waals surface area contributed by atoms with Gasteiger partial charge in [0, 0.05) is 33.8 Å². The number of thiophene rings is 1. The van der Waals surface area contributed by atoms with Crippen LogP contribution in [0.3, 0.4) is 0 Å². The number of benzene rings is 1. The molecule has 29 heavy (non-hydrogen) atoms. The Morgan fingerprint density at radius 1 is 1.21 bits per heavy atom. The molecule has 0 bridgehead atoms. The molecule has 3 rings (SSSR count). The fourth-order valence-electron chi connectivity index (χ4n) is 3.32. The second-order valence-electron chi connectivity index (χ2n) is 7.93. The summed E-state index contributed by atoms with van der Waals surface area (Å²) in [7, 11) is -3.81. The van der Waals surface area contributed by atoms with Gasteiger partial charge in [0.15, 0.2) is 0 Å². The molecule has 0 aliphatic heterocycles. The maximum Gasteiger partial charge on any atom is 0.248 e. The van der Waals surface area contributed by atoms with E-state index in [9.17, 15) is 8.42 Å². The Morgan fingerprint density at radius 3 is 2.52 bits per heavy atom. The van der Waals surface area contributed by atoms with E-state index in [0.717, 1.165) is 28.2 Å². The van der Waals surface area contributed by atoms with Gasteiger partial charge in [-0.25, -0.2) is 18.5 Å². The molecule has 156 valence electrons. The summed E-state index contributed by atoms with van der Waals surface area (Å²) in [5, 5.41) is 6.07. The van der Waals surface area contributed by atoms with Crippen molar-refractivity contribution >= 4 is 33.0 Å². The van der Waals surface area contributed by atoms with Gasteiger partial charge in [-0.1, -0.05) is 51.4 Å². The average molecular weight is 452 g/mol. The number of rotatable bonds is 7. The van der Waals surface area contributed by atoms with E-state index in [1.165, 1.54) is 11.3 Å². The molecule has 2 N–H and O–H groups in total. The van der Waals surface area contributed by atoms with E-state index in [0.29, 0.717) is 29.0 Å². The molecule has 0 aliphatic rings. The number of halogens is 1. The van der Waals surface area contributed by atoms with Crippen molar-refractivity contribution in [3.8, 4) is 11.1 Å². The molecule has 5 nitrogen and oxygen atoms in total. The van der Waals surface area contributed by atoms with Crippen molar-refractivity contribution in [1.29, 1.82) is 0 Å². The van der Waals surface area contributed by atoms with Crippen LogP contribution in [0.15, 0.2) is 40.9 Å². The summed E-state index contributed by atoms with van der Waals surface area (Å²) in [4.78, 5) is 5.41. The third kappa shape index (κ3) is 5.09. The molecule has 0 unspecified atom stereocenters. The summed E-state index contributed by atoms with van der Waals surface area (Å²) in [5.74, 6) is 1.73. The molecule has 3 aromatic rings. The van der Waals surface area contributed by atoms with Crippen LogP contribution in [0.4, 0.5) is 0 Å². The van der Waals surface area contributed by atoms with Crippen LogP contribution in [0.25, 0.3) is 11.1 Å². The first kappa shape index (κ1) is 22.0. The van der Waals surface area contributed by atoms with Gasteiger partial charge in [-0.05, 0) is 35.6 Å². The van der Waals surface area contributed by atoms with Crippen molar-refractivity contribution in [2.45, 2.75) is 50.8 Å². The van der Waals surface area contributed by atoms with Crippen LogP contribution in [-0.2, 0) is 23.0 Å². The molecular weight excluding hydrogens is 426 g/mol. The van der Waals surface area contributed by atoms with Gasteiger partial charge in [0.1, 0.15) is 10.0 Å². The van der Waals surface area contributed by atoms with Gasteiger partial charge in [0.25, 0.3) is 0 Å². The number of primary sulfonamides is 1. The second kappa shape index (κ2) is 8.60. The van der Waals surface area contributed by atoms with Crippen molar-refractivity contribution in [3.05, 3.63) is 57.9 Å². The molecule has 0 saturated heterocycles. The molecule has 2 aromatic heterocycles. The van der Waals surface area contributed by atoms with Gasteiger partial charge in [0.2, 0.25) is 10.0 Å². The molecule has 0 spiro atoms. The highest BCUT2D eigenvalue weighted by atomic mass is 35.5. The number of aromatic nitrogens is 2. The van der Waals surface area contributed by atoms with Crippen molar-refractivity contribution < 1.29 is 8.42 Å². The summed E-state index contributed by atoms with van der Waals surface area (Å²) in [6, 6.07) is 7.58. The summed E-state index contributed by atoms with van der Waals surface area (Å²) < 4.78 is 26.5. The van der Waals surface area contributed by atoms with Crippen molar-refractivity contribution in [2.24, 2.45) is 11.1 Å². The maximum atomic E-state index is 12.1. The smallest absolute Gasteiger partial charge is 0.248 e. The molecule has 1 aromatic carbocycles. The van der Waals surface area contributed by atoms with Crippen LogP contribution in [0.5, 0.6) is 0 Å². The Kier molecular flexibility index (Phi) is 6.53. The Bertz CT molecular complexity index is 1110. The van der Waals surface area contributed by atoms with Gasteiger partial charge in [-0.2, -0.15) is 0 Å². The maximum absolute atomic E-state index is 12.1. The molecule has 0 aliphatic carbocycles. The predicted molar refractivity (Wildman–Crippen MR) is 120 cm³/mol. The number of sulfonamides is 1. The van der Waals surface area contributed by atoms with E-state index in [1.807, 2.05) is 30.5 Å². The van der Waals surface area contributed by atoms with E-state index >= 15 is 0 Å². The Morgan fingerprint density at radius 2 is 1.93 bits per heavy atom. The standard InChI is InChI=1S/C21H26ClN3O2S2/c1-13(2)9-17-11-18(21(28-17)29(23,26)27)15-5-6-16(19(22)10-15)12-25-8-7-24-20(25)14(3)4/h5-8,10-11,13-14H,9,12H2,1-4H3,(H2,23,26,27). The third-order valence-electron chi connectivity index (χ3n) is 4.59. The zero-order valence-electron chi connectivity index (χ0n) is 17.0. The fraction of sp³-hybridized carbons (Fsp3) is 0.381. The summed E-state index contributed by atoms with van der Waals surface area (Å²) in [6.07, 6.45) is 4.53. The SMILES string of the molecule is CC(C)Cc1cc(-c2ccc(Cn3ccnc3C(C)C)c(Cl)c2)c(S(N)(=O)=O)s1. The summed E-state index contributed by atoms with van der Waals surface area (Å²) >= 11 is 7.81. The van der Waals surface area contributed by atoms with Crippen LogP contribution in [0, 0.1) is 5.92 Å². The van der Waals surface area contributed by atoms with Crippen LogP contribution in [-0.4, -0.2) is 18.0 Å². The normalized spacial score (nSPS) is 12.3. The van der Waals surface area contributed by atoms with Gasteiger partial charge < -0.3 is 4.57 Å². The second-order valence-corrected chi connectivity index (χ2v) is 11.2. The quantitative estimate of drug-likeness (QED) is 0.530. The molecule has 0 fully saturated rings. The first-order valence-corrected chi connectivity index (χ1v) is 12.3. The predicted octanol–water partition coefficient (Wildman–Crippen LogP) is 5.28. The number of nitrogens with two attached hydrogens (primary N) is 1. The van der Waals surface area contributed by atoms with E-state index in [2.05, 4.69) is 37.2 Å². The van der Waals surface area contributed by atoms with Gasteiger partial charge >= 0.3 is 0 Å². The first-order valence-electron chi connectivity index (χ1n) is 9.51. The highest BCUT2D eigenvalue weighted by Crippen LogP contribution is 2.37. The zero-order chi connectivity index (χ0) is 21.3. The largest absolute Gasteiger partial charge is 0.330 e. The Labute approximate surface area is 181 Å². The first-order chi connectivity index (χ1) is 13.6. The lowest BCUT2D eigenvalue weighted by Gasteiger charge is -2.12. The van der Waals surface area contributed by atoms with Crippen molar-refractivity contribution in [1.82, 2.24) is 9.55 Å². The lowest BCUT2D eigenvalue weighted by Crippen LogP contribution is -2.11.